The Hall–Kier alpha value is -1.18. The fraction of sp³-hybridized carbons (Fsp3) is 0.857. The predicted octanol–water partition coefficient (Wildman–Crippen LogP) is 0.305. The lowest BCUT2D eigenvalue weighted by molar-refractivity contribution is -0.157. The van der Waals surface area contributed by atoms with Crippen LogP contribution in [0.25, 0.3) is 0 Å². The maximum Gasteiger partial charge on any atom is 0.308 e. The molecule has 0 saturated carbocycles. The maximum atomic E-state index is 11.7. The summed E-state index contributed by atoms with van der Waals surface area (Å²) in [5.41, 5.74) is -3.78. The Morgan fingerprint density at radius 2 is 1.57 bits per heavy atom. The first-order valence-electron chi connectivity index (χ1n) is 6.76. The van der Waals surface area contributed by atoms with Crippen LogP contribution in [0.1, 0.15) is 47.0 Å². The number of aliphatic hydroxyl groups is 3. The minimum absolute atomic E-state index is 0.0173. The first-order chi connectivity index (χ1) is 9.33. The molecule has 124 valence electrons. The van der Waals surface area contributed by atoms with E-state index in [1.807, 2.05) is 0 Å². The van der Waals surface area contributed by atoms with Crippen molar-refractivity contribution in [1.29, 1.82) is 0 Å². The number of ether oxygens (including phenoxy) is 1. The summed E-state index contributed by atoms with van der Waals surface area (Å²) in [5, 5.41) is 37.8. The summed E-state index contributed by atoms with van der Waals surface area (Å²) in [4.78, 5) is 22.2. The standard InChI is InChI=1S/C14H26O7/c1-12(2,9-15)14(4,20)8-11(18)21-6-5-13(3,19)7-10(16)17/h15,19-20H,5-9H2,1-4H3,(H,16,17). The molecular weight excluding hydrogens is 280 g/mol. The van der Waals surface area contributed by atoms with Crippen LogP contribution in [0, 0.1) is 5.41 Å². The van der Waals surface area contributed by atoms with Gasteiger partial charge in [-0.05, 0) is 13.8 Å². The molecule has 0 aromatic carbocycles. The number of hydrogen-bond donors (Lipinski definition) is 4. The molecule has 21 heavy (non-hydrogen) atoms. The summed E-state index contributed by atoms with van der Waals surface area (Å²) in [6.07, 6.45) is -0.766. The fourth-order valence-corrected chi connectivity index (χ4v) is 1.54. The lowest BCUT2D eigenvalue weighted by Gasteiger charge is -2.37. The maximum absolute atomic E-state index is 11.7. The molecule has 7 nitrogen and oxygen atoms in total. The fourth-order valence-electron chi connectivity index (χ4n) is 1.54. The van der Waals surface area contributed by atoms with Gasteiger partial charge in [0.2, 0.25) is 0 Å². The van der Waals surface area contributed by atoms with Gasteiger partial charge in [-0.15, -0.1) is 0 Å². The normalized spacial score (nSPS) is 17.7. The van der Waals surface area contributed by atoms with E-state index in [0.717, 1.165) is 0 Å². The van der Waals surface area contributed by atoms with E-state index in [4.69, 9.17) is 9.84 Å². The van der Waals surface area contributed by atoms with E-state index in [2.05, 4.69) is 0 Å². The zero-order chi connectivity index (χ0) is 16.9. The molecule has 0 aliphatic rings. The quantitative estimate of drug-likeness (QED) is 0.452. The molecule has 4 N–H and O–H groups in total. The molecule has 0 aromatic rings. The summed E-state index contributed by atoms with van der Waals surface area (Å²) in [6.45, 7) is 5.59. The SMILES string of the molecule is CC(O)(CCOC(=O)CC(C)(O)C(C)(C)CO)CC(=O)O. The largest absolute Gasteiger partial charge is 0.481 e. The third-order valence-corrected chi connectivity index (χ3v) is 3.78. The summed E-state index contributed by atoms with van der Waals surface area (Å²) in [6, 6.07) is 0. The third kappa shape index (κ3) is 6.88. The van der Waals surface area contributed by atoms with Crippen molar-refractivity contribution in [3.05, 3.63) is 0 Å². The van der Waals surface area contributed by atoms with Crippen LogP contribution in [0.3, 0.4) is 0 Å². The second-order valence-electron chi connectivity index (χ2n) is 6.53. The van der Waals surface area contributed by atoms with E-state index in [1.54, 1.807) is 13.8 Å². The van der Waals surface area contributed by atoms with Crippen molar-refractivity contribution in [1.82, 2.24) is 0 Å². The van der Waals surface area contributed by atoms with Gasteiger partial charge < -0.3 is 25.2 Å². The molecule has 0 bridgehead atoms. The highest BCUT2D eigenvalue weighted by molar-refractivity contribution is 5.71. The van der Waals surface area contributed by atoms with Crippen LogP contribution in [0.15, 0.2) is 0 Å². The molecule has 0 rings (SSSR count). The van der Waals surface area contributed by atoms with Crippen LogP contribution in [0.5, 0.6) is 0 Å². The van der Waals surface area contributed by atoms with Crippen molar-refractivity contribution < 1.29 is 34.8 Å². The number of carboxylic acid groups (broad SMARTS) is 1. The van der Waals surface area contributed by atoms with E-state index in [0.29, 0.717) is 0 Å². The number of carbonyl (C=O) groups is 2. The molecule has 0 amide bonds. The lowest BCUT2D eigenvalue weighted by atomic mass is 9.75. The summed E-state index contributed by atoms with van der Waals surface area (Å²) in [5.74, 6) is -1.81. The molecule has 2 unspecified atom stereocenters. The van der Waals surface area contributed by atoms with E-state index in [-0.39, 0.29) is 26.1 Å². The van der Waals surface area contributed by atoms with E-state index < -0.39 is 35.0 Å². The van der Waals surface area contributed by atoms with Gasteiger partial charge in [0, 0.05) is 11.8 Å². The van der Waals surface area contributed by atoms with Crippen LogP contribution in [0.4, 0.5) is 0 Å². The zero-order valence-electron chi connectivity index (χ0n) is 13.0. The van der Waals surface area contributed by atoms with Crippen molar-refractivity contribution in [2.75, 3.05) is 13.2 Å². The van der Waals surface area contributed by atoms with E-state index in [1.165, 1.54) is 13.8 Å². The number of hydrogen-bond acceptors (Lipinski definition) is 6. The molecule has 0 aromatic heterocycles. The van der Waals surface area contributed by atoms with Crippen LogP contribution < -0.4 is 0 Å². The van der Waals surface area contributed by atoms with Gasteiger partial charge >= 0.3 is 11.9 Å². The molecular formula is C14H26O7. The van der Waals surface area contributed by atoms with Gasteiger partial charge in [-0.25, -0.2) is 0 Å². The summed E-state index contributed by atoms with van der Waals surface area (Å²) < 4.78 is 4.90. The molecule has 2 atom stereocenters. The molecule has 0 spiro atoms. The smallest absolute Gasteiger partial charge is 0.308 e. The van der Waals surface area contributed by atoms with Crippen molar-refractivity contribution >= 4 is 11.9 Å². The van der Waals surface area contributed by atoms with Crippen molar-refractivity contribution in [2.24, 2.45) is 5.41 Å². The molecule has 0 heterocycles. The minimum atomic E-state index is -1.46. The lowest BCUT2D eigenvalue weighted by Crippen LogP contribution is -2.46. The first kappa shape index (κ1) is 19.8. The molecule has 0 aliphatic heterocycles. The highest BCUT2D eigenvalue weighted by Gasteiger charge is 2.41. The van der Waals surface area contributed by atoms with E-state index >= 15 is 0 Å². The molecule has 0 radical (unpaired) electrons. The first-order valence-corrected chi connectivity index (χ1v) is 6.76. The van der Waals surface area contributed by atoms with Gasteiger partial charge in [-0.2, -0.15) is 0 Å². The Balaban J connectivity index is 4.32. The Labute approximate surface area is 124 Å². The molecule has 0 saturated heterocycles. The second-order valence-corrected chi connectivity index (χ2v) is 6.53. The van der Waals surface area contributed by atoms with Crippen molar-refractivity contribution in [3.63, 3.8) is 0 Å². The monoisotopic (exact) mass is 306 g/mol. The van der Waals surface area contributed by atoms with Gasteiger partial charge in [0.1, 0.15) is 0 Å². The number of carboxylic acids is 1. The van der Waals surface area contributed by atoms with Gasteiger partial charge in [-0.3, -0.25) is 9.59 Å². The van der Waals surface area contributed by atoms with Crippen LogP contribution in [-0.2, 0) is 14.3 Å². The molecule has 0 fully saturated rings. The molecule has 7 heteroatoms. The highest BCUT2D eigenvalue weighted by atomic mass is 16.5. The highest BCUT2D eigenvalue weighted by Crippen LogP contribution is 2.33. The summed E-state index contributed by atoms with van der Waals surface area (Å²) in [7, 11) is 0. The number of aliphatic carboxylic acids is 1. The topological polar surface area (TPSA) is 124 Å². The number of esters is 1. The van der Waals surface area contributed by atoms with Crippen molar-refractivity contribution in [2.45, 2.75) is 58.2 Å². The Morgan fingerprint density at radius 3 is 2.00 bits per heavy atom. The number of aliphatic hydroxyl groups excluding tert-OH is 1. The predicted molar refractivity (Wildman–Crippen MR) is 74.6 cm³/mol. The van der Waals surface area contributed by atoms with Gasteiger partial charge in [0.05, 0.1) is 37.3 Å². The number of carbonyl (C=O) groups excluding carboxylic acids is 1. The van der Waals surface area contributed by atoms with Gasteiger partial charge in [-0.1, -0.05) is 13.8 Å². The Bertz CT molecular complexity index is 372. The van der Waals surface area contributed by atoms with Crippen LogP contribution in [0.2, 0.25) is 0 Å². The number of rotatable bonds is 9. The molecule has 0 aliphatic carbocycles. The average molecular weight is 306 g/mol. The van der Waals surface area contributed by atoms with Crippen molar-refractivity contribution in [3.8, 4) is 0 Å². The van der Waals surface area contributed by atoms with Crippen LogP contribution >= 0.6 is 0 Å². The van der Waals surface area contributed by atoms with Gasteiger partial charge in [0.15, 0.2) is 0 Å². The van der Waals surface area contributed by atoms with E-state index in [9.17, 15) is 24.9 Å². The zero-order valence-corrected chi connectivity index (χ0v) is 13.0. The minimum Gasteiger partial charge on any atom is -0.481 e. The van der Waals surface area contributed by atoms with Gasteiger partial charge in [0.25, 0.3) is 0 Å². The summed E-state index contributed by atoms with van der Waals surface area (Å²) >= 11 is 0. The Kier molecular flexibility index (Phi) is 6.79. The average Bonchev–Trinajstić information content (AvgIpc) is 2.25. The second kappa shape index (κ2) is 7.20. The third-order valence-electron chi connectivity index (χ3n) is 3.78. The Morgan fingerprint density at radius 1 is 1.05 bits per heavy atom. The van der Waals surface area contributed by atoms with Crippen LogP contribution in [-0.4, -0.2) is 56.8 Å².